The number of rotatable bonds is 6. The van der Waals surface area contributed by atoms with Crippen LogP contribution in [-0.2, 0) is 12.0 Å². The summed E-state index contributed by atoms with van der Waals surface area (Å²) < 4.78 is 5.98. The van der Waals surface area contributed by atoms with Crippen LogP contribution in [0.5, 0.6) is 5.75 Å². The van der Waals surface area contributed by atoms with Gasteiger partial charge in [0, 0.05) is 30.2 Å². The molecule has 1 aromatic heterocycles. The molecule has 0 radical (unpaired) electrons. The van der Waals surface area contributed by atoms with Crippen molar-refractivity contribution >= 4 is 5.95 Å². The predicted octanol–water partition coefficient (Wildman–Crippen LogP) is 4.23. The van der Waals surface area contributed by atoms with E-state index in [1.807, 2.05) is 25.1 Å². The Labute approximate surface area is 178 Å². The van der Waals surface area contributed by atoms with Gasteiger partial charge in [-0.3, -0.25) is 0 Å². The maximum Gasteiger partial charge on any atom is 0.225 e. The third-order valence-electron chi connectivity index (χ3n) is 5.82. The van der Waals surface area contributed by atoms with Gasteiger partial charge in [-0.2, -0.15) is 0 Å². The second-order valence-electron chi connectivity index (χ2n) is 9.16. The maximum atomic E-state index is 6.09. The summed E-state index contributed by atoms with van der Waals surface area (Å²) in [6, 6.07) is 19.0. The van der Waals surface area contributed by atoms with Crippen LogP contribution in [0.15, 0.2) is 60.8 Å². The van der Waals surface area contributed by atoms with E-state index >= 15 is 0 Å². The van der Waals surface area contributed by atoms with Crippen LogP contribution in [0.4, 0.5) is 5.95 Å². The molecule has 0 amide bonds. The van der Waals surface area contributed by atoms with E-state index in [0.29, 0.717) is 12.6 Å². The van der Waals surface area contributed by atoms with Crippen LogP contribution >= 0.6 is 0 Å². The molecule has 1 fully saturated rings. The van der Waals surface area contributed by atoms with Crippen LogP contribution in [0.25, 0.3) is 0 Å². The van der Waals surface area contributed by atoms with E-state index in [1.165, 1.54) is 16.7 Å². The standard InChI is InChI=1S/C25H30N4O/c1-18-5-7-19(8-6-18)24(2,3)20-9-11-22(12-10-20)30-15-21-13-14-27-23(28-21)29-16-25(4,26)17-29/h5-14H,15-17,26H2,1-4H3. The van der Waals surface area contributed by atoms with Gasteiger partial charge in [-0.15, -0.1) is 0 Å². The lowest BCUT2D eigenvalue weighted by Crippen LogP contribution is -2.66. The Morgan fingerprint density at radius 1 is 1.00 bits per heavy atom. The molecule has 1 aliphatic heterocycles. The fourth-order valence-electron chi connectivity index (χ4n) is 3.85. The number of ether oxygens (including phenoxy) is 1. The summed E-state index contributed by atoms with van der Waals surface area (Å²) in [5.74, 6) is 1.55. The van der Waals surface area contributed by atoms with Gasteiger partial charge in [0.05, 0.1) is 5.69 Å². The SMILES string of the molecule is Cc1ccc(C(C)(C)c2ccc(OCc3ccnc(N4CC(C)(N)C4)n3)cc2)cc1. The van der Waals surface area contributed by atoms with E-state index in [-0.39, 0.29) is 11.0 Å². The minimum absolute atomic E-state index is 0.0670. The van der Waals surface area contributed by atoms with Crippen LogP contribution in [0.2, 0.25) is 0 Å². The summed E-state index contributed by atoms with van der Waals surface area (Å²) in [6.45, 7) is 10.6. The van der Waals surface area contributed by atoms with Crippen LogP contribution in [-0.4, -0.2) is 28.6 Å². The van der Waals surface area contributed by atoms with Crippen molar-refractivity contribution in [1.29, 1.82) is 0 Å². The van der Waals surface area contributed by atoms with Crippen molar-refractivity contribution in [1.82, 2.24) is 9.97 Å². The molecule has 156 valence electrons. The number of aromatic nitrogens is 2. The van der Waals surface area contributed by atoms with Gasteiger partial charge in [0.1, 0.15) is 12.4 Å². The molecule has 30 heavy (non-hydrogen) atoms. The van der Waals surface area contributed by atoms with E-state index in [1.54, 1.807) is 6.20 Å². The molecule has 0 saturated carbocycles. The average molecular weight is 403 g/mol. The first-order chi connectivity index (χ1) is 14.2. The van der Waals surface area contributed by atoms with Gasteiger partial charge in [-0.1, -0.05) is 55.8 Å². The fourth-order valence-corrected chi connectivity index (χ4v) is 3.85. The number of nitrogens with two attached hydrogens (primary N) is 1. The van der Waals surface area contributed by atoms with Crippen LogP contribution in [0.1, 0.15) is 43.2 Å². The zero-order chi connectivity index (χ0) is 21.4. The van der Waals surface area contributed by atoms with E-state index in [0.717, 1.165) is 24.5 Å². The molecule has 1 aliphatic rings. The molecule has 5 nitrogen and oxygen atoms in total. The van der Waals surface area contributed by atoms with Gasteiger partial charge in [0.25, 0.3) is 0 Å². The Morgan fingerprint density at radius 3 is 2.20 bits per heavy atom. The van der Waals surface area contributed by atoms with Crippen molar-refractivity contribution in [2.45, 2.75) is 45.3 Å². The first-order valence-corrected chi connectivity index (χ1v) is 10.4. The highest BCUT2D eigenvalue weighted by Gasteiger charge is 2.36. The predicted molar refractivity (Wildman–Crippen MR) is 121 cm³/mol. The largest absolute Gasteiger partial charge is 0.487 e. The number of aryl methyl sites for hydroxylation is 1. The zero-order valence-corrected chi connectivity index (χ0v) is 18.2. The molecule has 0 aliphatic carbocycles. The van der Waals surface area contributed by atoms with Crippen molar-refractivity contribution in [3.8, 4) is 5.75 Å². The van der Waals surface area contributed by atoms with Gasteiger partial charge in [0.15, 0.2) is 0 Å². The quantitative estimate of drug-likeness (QED) is 0.669. The molecular weight excluding hydrogens is 372 g/mol. The highest BCUT2D eigenvalue weighted by atomic mass is 16.5. The highest BCUT2D eigenvalue weighted by Crippen LogP contribution is 2.32. The summed E-state index contributed by atoms with van der Waals surface area (Å²) in [6.07, 6.45) is 1.78. The van der Waals surface area contributed by atoms with E-state index in [9.17, 15) is 0 Å². The summed E-state index contributed by atoms with van der Waals surface area (Å²) in [5.41, 5.74) is 10.6. The van der Waals surface area contributed by atoms with Crippen molar-refractivity contribution in [3.63, 3.8) is 0 Å². The summed E-state index contributed by atoms with van der Waals surface area (Å²) >= 11 is 0. The Morgan fingerprint density at radius 2 is 1.60 bits per heavy atom. The molecule has 2 N–H and O–H groups in total. The highest BCUT2D eigenvalue weighted by molar-refractivity contribution is 5.41. The van der Waals surface area contributed by atoms with E-state index in [4.69, 9.17) is 10.5 Å². The molecule has 2 aromatic carbocycles. The maximum absolute atomic E-state index is 6.09. The molecule has 0 bridgehead atoms. The monoisotopic (exact) mass is 402 g/mol. The van der Waals surface area contributed by atoms with Crippen molar-refractivity contribution in [3.05, 3.63) is 83.2 Å². The Kier molecular flexibility index (Phi) is 5.24. The third kappa shape index (κ3) is 4.31. The van der Waals surface area contributed by atoms with Crippen molar-refractivity contribution in [2.75, 3.05) is 18.0 Å². The number of nitrogens with zero attached hydrogens (tertiary/aromatic N) is 3. The lowest BCUT2D eigenvalue weighted by atomic mass is 9.78. The molecule has 5 heteroatoms. The lowest BCUT2D eigenvalue weighted by molar-refractivity contribution is 0.300. The second-order valence-corrected chi connectivity index (χ2v) is 9.16. The van der Waals surface area contributed by atoms with Crippen LogP contribution < -0.4 is 15.4 Å². The molecular formula is C25H30N4O. The van der Waals surface area contributed by atoms with Gasteiger partial charge >= 0.3 is 0 Å². The van der Waals surface area contributed by atoms with Gasteiger partial charge < -0.3 is 15.4 Å². The minimum atomic E-state index is -0.149. The average Bonchev–Trinajstić information content (AvgIpc) is 2.71. The molecule has 2 heterocycles. The van der Waals surface area contributed by atoms with Crippen molar-refractivity contribution in [2.24, 2.45) is 5.73 Å². The molecule has 0 spiro atoms. The zero-order valence-electron chi connectivity index (χ0n) is 18.2. The fraction of sp³-hybridized carbons (Fsp3) is 0.360. The van der Waals surface area contributed by atoms with Gasteiger partial charge in [0.2, 0.25) is 5.95 Å². The summed E-state index contributed by atoms with van der Waals surface area (Å²) in [5, 5.41) is 0. The van der Waals surface area contributed by atoms with Crippen LogP contribution in [0, 0.1) is 6.92 Å². The Bertz CT molecular complexity index is 1000. The summed E-state index contributed by atoms with van der Waals surface area (Å²) in [4.78, 5) is 11.1. The third-order valence-corrected chi connectivity index (χ3v) is 5.82. The molecule has 1 saturated heterocycles. The van der Waals surface area contributed by atoms with Gasteiger partial charge in [-0.25, -0.2) is 9.97 Å². The molecule has 0 unspecified atom stereocenters. The second kappa shape index (κ2) is 7.73. The lowest BCUT2D eigenvalue weighted by Gasteiger charge is -2.45. The first-order valence-electron chi connectivity index (χ1n) is 10.4. The topological polar surface area (TPSA) is 64.3 Å². The smallest absolute Gasteiger partial charge is 0.225 e. The number of hydrogen-bond donors (Lipinski definition) is 1. The summed E-state index contributed by atoms with van der Waals surface area (Å²) in [7, 11) is 0. The number of benzene rings is 2. The first kappa shape index (κ1) is 20.4. The van der Waals surface area contributed by atoms with Gasteiger partial charge in [-0.05, 0) is 43.2 Å². The Balaban J connectivity index is 1.40. The molecule has 0 atom stereocenters. The number of anilines is 1. The Hall–Kier alpha value is -2.92. The minimum Gasteiger partial charge on any atom is -0.487 e. The normalized spacial score (nSPS) is 15.6. The van der Waals surface area contributed by atoms with Crippen LogP contribution in [0.3, 0.4) is 0 Å². The van der Waals surface area contributed by atoms with Crippen molar-refractivity contribution < 1.29 is 4.74 Å². The molecule has 4 rings (SSSR count). The van der Waals surface area contributed by atoms with E-state index < -0.39 is 0 Å². The number of hydrogen-bond acceptors (Lipinski definition) is 5. The molecule has 3 aromatic rings. The van der Waals surface area contributed by atoms with E-state index in [2.05, 4.69) is 72.0 Å².